The molecule has 0 bridgehead atoms. The normalized spacial score (nSPS) is 18.1. The van der Waals surface area contributed by atoms with Gasteiger partial charge in [-0.05, 0) is 52.7 Å². The zero-order chi connectivity index (χ0) is 25.4. The molecule has 2 aromatic heterocycles. The molecule has 0 radical (unpaired) electrons. The van der Waals surface area contributed by atoms with E-state index in [0.29, 0.717) is 28.7 Å². The molecule has 1 saturated heterocycles. The predicted molar refractivity (Wildman–Crippen MR) is 126 cm³/mol. The number of aromatic nitrogens is 3. The van der Waals surface area contributed by atoms with Crippen molar-refractivity contribution in [1.29, 1.82) is 0 Å². The highest BCUT2D eigenvalue weighted by Crippen LogP contribution is 2.37. The van der Waals surface area contributed by atoms with Gasteiger partial charge in [-0.15, -0.1) is 0 Å². The number of pyridine rings is 1. The summed E-state index contributed by atoms with van der Waals surface area (Å²) < 4.78 is 34.6. The number of rotatable bonds is 4. The van der Waals surface area contributed by atoms with Crippen molar-refractivity contribution in [2.24, 2.45) is 0 Å². The van der Waals surface area contributed by atoms with Gasteiger partial charge < -0.3 is 19.9 Å². The smallest absolute Gasteiger partial charge is 0.410 e. The molecule has 188 valence electrons. The number of aryl methyl sites for hydroxylation is 1. The summed E-state index contributed by atoms with van der Waals surface area (Å²) in [5.74, 6) is -2.04. The Morgan fingerprint density at radius 2 is 1.80 bits per heavy atom. The number of carbonyl (C=O) groups excluding carboxylic acids is 2. The van der Waals surface area contributed by atoms with Crippen LogP contribution in [0, 0.1) is 6.92 Å². The number of ether oxygens (including phenoxy) is 1. The highest BCUT2D eigenvalue weighted by atomic mass is 19.3. The third-order valence-corrected chi connectivity index (χ3v) is 5.66. The van der Waals surface area contributed by atoms with Gasteiger partial charge >= 0.3 is 6.09 Å². The molecule has 11 heteroatoms. The number of anilines is 2. The van der Waals surface area contributed by atoms with Crippen LogP contribution in [-0.4, -0.2) is 69.6 Å². The first-order valence-corrected chi connectivity index (χ1v) is 11.6. The molecule has 2 amide bonds. The van der Waals surface area contributed by atoms with Crippen LogP contribution in [0.15, 0.2) is 24.5 Å². The summed E-state index contributed by atoms with van der Waals surface area (Å²) in [4.78, 5) is 40.4. The van der Waals surface area contributed by atoms with Crippen LogP contribution in [0.5, 0.6) is 0 Å². The van der Waals surface area contributed by atoms with Crippen LogP contribution < -0.4 is 10.2 Å². The molecule has 2 aromatic rings. The van der Waals surface area contributed by atoms with Gasteiger partial charge in [-0.2, -0.15) is 0 Å². The topological polar surface area (TPSA) is 101 Å². The van der Waals surface area contributed by atoms with E-state index in [4.69, 9.17) is 4.74 Å². The average molecular weight is 489 g/mol. The summed E-state index contributed by atoms with van der Waals surface area (Å²) in [5.41, 5.74) is 0.486. The van der Waals surface area contributed by atoms with Gasteiger partial charge in [0, 0.05) is 31.4 Å². The van der Waals surface area contributed by atoms with E-state index in [1.165, 1.54) is 17.3 Å². The minimum absolute atomic E-state index is 0.0700. The van der Waals surface area contributed by atoms with Gasteiger partial charge in [-0.3, -0.25) is 4.79 Å². The van der Waals surface area contributed by atoms with Crippen LogP contribution >= 0.6 is 0 Å². The van der Waals surface area contributed by atoms with Gasteiger partial charge in [0.2, 0.25) is 0 Å². The van der Waals surface area contributed by atoms with Crippen molar-refractivity contribution in [1.82, 2.24) is 19.9 Å². The monoisotopic (exact) mass is 488 g/mol. The van der Waals surface area contributed by atoms with E-state index in [1.807, 2.05) is 0 Å². The van der Waals surface area contributed by atoms with Gasteiger partial charge in [0.1, 0.15) is 17.2 Å². The third kappa shape index (κ3) is 6.40. The molecule has 0 aromatic carbocycles. The van der Waals surface area contributed by atoms with Crippen molar-refractivity contribution < 1.29 is 23.1 Å². The number of hydrogen-bond donors (Lipinski definition) is 1. The second-order valence-corrected chi connectivity index (χ2v) is 10.0. The van der Waals surface area contributed by atoms with E-state index in [0.717, 1.165) is 23.6 Å². The molecular formula is C24H30F2N6O3. The fourth-order valence-corrected chi connectivity index (χ4v) is 3.74. The van der Waals surface area contributed by atoms with E-state index < -0.39 is 30.7 Å². The minimum atomic E-state index is -3.15. The number of nitrogens with one attached hydrogen (secondary N) is 1. The Morgan fingerprint density at radius 3 is 2.40 bits per heavy atom. The van der Waals surface area contributed by atoms with Crippen LogP contribution in [0.3, 0.4) is 0 Å². The maximum absolute atomic E-state index is 14.7. The Bertz CT molecular complexity index is 1100. The standard InChI is InChI=1S/C24H30F2N6O3/c1-15-18(30-21(33)17-11-27-20(28-12-17)16-5-6-16)7-8-19(29-15)31-9-10-32(14-24(25,26)13-31)22(34)35-23(2,3)4/h7-8,11-12,16H,5-6,9-10,13-14H2,1-4H3,(H,30,33). The van der Waals surface area contributed by atoms with Gasteiger partial charge in [0.05, 0.1) is 30.0 Å². The lowest BCUT2D eigenvalue weighted by molar-refractivity contribution is -0.0285. The number of nitrogens with zero attached hydrogens (tertiary/aromatic N) is 5. The van der Waals surface area contributed by atoms with Crippen LogP contribution in [0.2, 0.25) is 0 Å². The fraction of sp³-hybridized carbons (Fsp3) is 0.542. The molecular weight excluding hydrogens is 458 g/mol. The molecule has 0 spiro atoms. The minimum Gasteiger partial charge on any atom is -0.444 e. The lowest BCUT2D eigenvalue weighted by Gasteiger charge is -2.27. The van der Waals surface area contributed by atoms with Crippen molar-refractivity contribution in [3.8, 4) is 0 Å². The molecule has 2 aliphatic rings. The van der Waals surface area contributed by atoms with E-state index >= 15 is 0 Å². The van der Waals surface area contributed by atoms with Gasteiger partial charge in [-0.1, -0.05) is 0 Å². The molecule has 1 saturated carbocycles. The number of amides is 2. The molecule has 4 rings (SSSR count). The highest BCUT2D eigenvalue weighted by molar-refractivity contribution is 6.04. The summed E-state index contributed by atoms with van der Waals surface area (Å²) >= 11 is 0. The Kier molecular flexibility index (Phi) is 6.61. The fourth-order valence-electron chi connectivity index (χ4n) is 3.74. The molecule has 3 heterocycles. The van der Waals surface area contributed by atoms with Gasteiger partial charge in [0.15, 0.2) is 0 Å². The molecule has 35 heavy (non-hydrogen) atoms. The quantitative estimate of drug-likeness (QED) is 0.694. The SMILES string of the molecule is Cc1nc(N2CCN(C(=O)OC(C)(C)C)CC(F)(F)C2)ccc1NC(=O)c1cnc(C2CC2)nc1. The Labute approximate surface area is 202 Å². The van der Waals surface area contributed by atoms with Crippen molar-refractivity contribution in [3.05, 3.63) is 41.6 Å². The van der Waals surface area contributed by atoms with Gasteiger partial charge in [0.25, 0.3) is 11.8 Å². The number of alkyl halides is 2. The van der Waals surface area contributed by atoms with Crippen molar-refractivity contribution >= 4 is 23.5 Å². The first-order chi connectivity index (χ1) is 16.4. The molecule has 0 unspecified atom stereocenters. The number of hydrogen-bond acceptors (Lipinski definition) is 7. The van der Waals surface area contributed by atoms with Crippen molar-refractivity contribution in [3.63, 3.8) is 0 Å². The first kappa shape index (κ1) is 24.7. The lowest BCUT2D eigenvalue weighted by Crippen LogP contribution is -2.44. The maximum atomic E-state index is 14.7. The number of halogens is 2. The average Bonchev–Trinajstić information content (AvgIpc) is 3.61. The van der Waals surface area contributed by atoms with Gasteiger partial charge in [-0.25, -0.2) is 28.5 Å². The molecule has 9 nitrogen and oxygen atoms in total. The largest absolute Gasteiger partial charge is 0.444 e. The van der Waals surface area contributed by atoms with E-state index in [1.54, 1.807) is 39.8 Å². The summed E-state index contributed by atoms with van der Waals surface area (Å²) in [7, 11) is 0. The van der Waals surface area contributed by atoms with E-state index in [2.05, 4.69) is 20.3 Å². The Morgan fingerprint density at radius 1 is 1.11 bits per heavy atom. The van der Waals surface area contributed by atoms with Crippen LogP contribution in [0.1, 0.15) is 61.4 Å². The van der Waals surface area contributed by atoms with E-state index in [-0.39, 0.29) is 19.0 Å². The molecule has 0 atom stereocenters. The summed E-state index contributed by atoms with van der Waals surface area (Å²) in [5, 5.41) is 2.78. The molecule has 1 aliphatic carbocycles. The summed E-state index contributed by atoms with van der Waals surface area (Å²) in [6.45, 7) is 5.68. The summed E-state index contributed by atoms with van der Waals surface area (Å²) in [6, 6.07) is 3.21. The highest BCUT2D eigenvalue weighted by Gasteiger charge is 2.40. The van der Waals surface area contributed by atoms with Crippen molar-refractivity contribution in [2.75, 3.05) is 36.4 Å². The number of carbonyl (C=O) groups is 2. The van der Waals surface area contributed by atoms with E-state index in [9.17, 15) is 18.4 Å². The van der Waals surface area contributed by atoms with Crippen LogP contribution in [-0.2, 0) is 4.74 Å². The summed E-state index contributed by atoms with van der Waals surface area (Å²) in [6.07, 6.45) is 4.39. The Balaban J connectivity index is 1.43. The predicted octanol–water partition coefficient (Wildman–Crippen LogP) is 4.00. The maximum Gasteiger partial charge on any atom is 0.410 e. The lowest BCUT2D eigenvalue weighted by atomic mass is 10.2. The Hall–Kier alpha value is -3.37. The first-order valence-electron chi connectivity index (χ1n) is 11.6. The van der Waals surface area contributed by atoms with Crippen LogP contribution in [0.4, 0.5) is 25.1 Å². The molecule has 1 aliphatic heterocycles. The second kappa shape index (κ2) is 9.35. The molecule has 1 N–H and O–H groups in total. The zero-order valence-electron chi connectivity index (χ0n) is 20.3. The zero-order valence-corrected chi connectivity index (χ0v) is 20.3. The van der Waals surface area contributed by atoms with Crippen molar-refractivity contribution in [2.45, 2.75) is 58.0 Å². The second-order valence-electron chi connectivity index (χ2n) is 10.0. The third-order valence-electron chi connectivity index (χ3n) is 5.66. The van der Waals surface area contributed by atoms with Crippen LogP contribution in [0.25, 0.3) is 0 Å². The molecule has 2 fully saturated rings.